The molecule has 1 amide bonds. The van der Waals surface area contributed by atoms with E-state index in [2.05, 4.69) is 27.3 Å². The Bertz CT molecular complexity index is 621. The maximum absolute atomic E-state index is 11.9. The summed E-state index contributed by atoms with van der Waals surface area (Å²) in [4.78, 5) is 11.9. The number of benzene rings is 2. The summed E-state index contributed by atoms with van der Waals surface area (Å²) in [5.41, 5.74) is 1.91. The maximum Gasteiger partial charge on any atom is 0.225 e. The lowest BCUT2D eigenvalue weighted by molar-refractivity contribution is -0.115. The molecule has 0 aromatic heterocycles. The fraction of sp³-hybridized carbons (Fsp3) is 0.188. The summed E-state index contributed by atoms with van der Waals surface area (Å²) in [6.45, 7) is 0. The van der Waals surface area contributed by atoms with Gasteiger partial charge in [0.15, 0.2) is 0 Å². The van der Waals surface area contributed by atoms with Crippen LogP contribution in [-0.2, 0) is 10.5 Å². The van der Waals surface area contributed by atoms with E-state index in [4.69, 9.17) is 11.6 Å². The monoisotopic (exact) mass is 383 g/mol. The molecule has 1 N–H and O–H groups in total. The molecule has 2 aromatic rings. The fourth-order valence-corrected chi connectivity index (χ4v) is 3.48. The number of thioether (sulfide) groups is 1. The number of para-hydroxylation sites is 1. The molecule has 0 bridgehead atoms. The number of carbonyl (C=O) groups is 1. The first-order valence-corrected chi connectivity index (χ1v) is 8.85. The third-order valence-corrected chi connectivity index (χ3v) is 4.95. The van der Waals surface area contributed by atoms with Gasteiger partial charge in [-0.15, -0.1) is 0 Å². The van der Waals surface area contributed by atoms with Crippen molar-refractivity contribution in [3.8, 4) is 0 Å². The molecule has 0 aliphatic heterocycles. The molecule has 0 heterocycles. The number of nitrogens with one attached hydrogen (secondary N) is 1. The lowest BCUT2D eigenvalue weighted by Gasteiger charge is -2.07. The number of carbonyl (C=O) groups excluding carboxylic acids is 1. The van der Waals surface area contributed by atoms with Crippen molar-refractivity contribution >= 4 is 50.9 Å². The highest BCUT2D eigenvalue weighted by atomic mass is 79.9. The number of anilines is 1. The first kappa shape index (κ1) is 16.4. The standard InChI is InChI=1S/C16H15BrClNOS/c17-13-6-2-1-5-12(13)11-21-10-9-16(20)19-15-8-4-3-7-14(15)18/h1-8H,9-11H2,(H,19,20). The van der Waals surface area contributed by atoms with Gasteiger partial charge in [0.05, 0.1) is 10.7 Å². The Morgan fingerprint density at radius 3 is 2.62 bits per heavy atom. The van der Waals surface area contributed by atoms with Gasteiger partial charge in [0, 0.05) is 22.4 Å². The van der Waals surface area contributed by atoms with E-state index in [0.29, 0.717) is 17.1 Å². The van der Waals surface area contributed by atoms with Gasteiger partial charge in [-0.3, -0.25) is 4.79 Å². The normalized spacial score (nSPS) is 10.4. The van der Waals surface area contributed by atoms with Gasteiger partial charge >= 0.3 is 0 Å². The van der Waals surface area contributed by atoms with Crippen LogP contribution in [0.4, 0.5) is 5.69 Å². The molecule has 0 saturated heterocycles. The zero-order valence-electron chi connectivity index (χ0n) is 11.3. The minimum absolute atomic E-state index is 0.0114. The van der Waals surface area contributed by atoms with Crippen LogP contribution in [0.15, 0.2) is 53.0 Å². The molecule has 0 unspecified atom stereocenters. The van der Waals surface area contributed by atoms with Crippen LogP contribution in [0.2, 0.25) is 5.02 Å². The van der Waals surface area contributed by atoms with Crippen LogP contribution in [-0.4, -0.2) is 11.7 Å². The lowest BCUT2D eigenvalue weighted by atomic mass is 10.2. The highest BCUT2D eigenvalue weighted by Gasteiger charge is 2.05. The topological polar surface area (TPSA) is 29.1 Å². The average Bonchev–Trinajstić information content (AvgIpc) is 2.48. The van der Waals surface area contributed by atoms with E-state index in [1.165, 1.54) is 5.56 Å². The van der Waals surface area contributed by atoms with Gasteiger partial charge in [-0.1, -0.05) is 57.9 Å². The van der Waals surface area contributed by atoms with Crippen LogP contribution in [0.5, 0.6) is 0 Å². The van der Waals surface area contributed by atoms with Crippen molar-refractivity contribution in [3.63, 3.8) is 0 Å². The molecule has 0 aliphatic carbocycles. The zero-order valence-corrected chi connectivity index (χ0v) is 14.5. The molecular formula is C16H15BrClNOS. The number of hydrogen-bond acceptors (Lipinski definition) is 2. The second-order valence-electron chi connectivity index (χ2n) is 4.42. The van der Waals surface area contributed by atoms with Crippen LogP contribution in [0.25, 0.3) is 0 Å². The molecule has 0 saturated carbocycles. The zero-order chi connectivity index (χ0) is 15.1. The van der Waals surface area contributed by atoms with E-state index < -0.39 is 0 Å². The molecule has 110 valence electrons. The quantitative estimate of drug-likeness (QED) is 0.679. The summed E-state index contributed by atoms with van der Waals surface area (Å²) >= 11 is 11.3. The predicted molar refractivity (Wildman–Crippen MR) is 95.0 cm³/mol. The summed E-state index contributed by atoms with van der Waals surface area (Å²) in [7, 11) is 0. The van der Waals surface area contributed by atoms with Crippen molar-refractivity contribution in [2.45, 2.75) is 12.2 Å². The Hall–Kier alpha value is -0.970. The highest BCUT2D eigenvalue weighted by molar-refractivity contribution is 9.10. The Kier molecular flexibility index (Phi) is 6.61. The third kappa shape index (κ3) is 5.38. The van der Waals surface area contributed by atoms with Crippen LogP contribution >= 0.6 is 39.3 Å². The molecule has 2 rings (SSSR count). The van der Waals surface area contributed by atoms with Crippen LogP contribution in [0.3, 0.4) is 0 Å². The summed E-state index contributed by atoms with van der Waals surface area (Å²) in [6, 6.07) is 15.4. The van der Waals surface area contributed by atoms with Gasteiger partial charge < -0.3 is 5.32 Å². The summed E-state index contributed by atoms with van der Waals surface area (Å²) in [5, 5.41) is 3.39. The van der Waals surface area contributed by atoms with Crippen molar-refractivity contribution < 1.29 is 4.79 Å². The van der Waals surface area contributed by atoms with E-state index in [-0.39, 0.29) is 5.91 Å². The van der Waals surface area contributed by atoms with E-state index in [1.54, 1.807) is 23.9 Å². The summed E-state index contributed by atoms with van der Waals surface area (Å²) in [6.07, 6.45) is 0.473. The number of halogens is 2. The van der Waals surface area contributed by atoms with Gasteiger partial charge in [-0.05, 0) is 23.8 Å². The van der Waals surface area contributed by atoms with Gasteiger partial charge in [-0.25, -0.2) is 0 Å². The number of amides is 1. The van der Waals surface area contributed by atoms with Gasteiger partial charge in [0.2, 0.25) is 5.91 Å². The van der Waals surface area contributed by atoms with Gasteiger partial charge in [0.1, 0.15) is 0 Å². The van der Waals surface area contributed by atoms with Crippen LogP contribution < -0.4 is 5.32 Å². The number of rotatable bonds is 6. The largest absolute Gasteiger partial charge is 0.325 e. The van der Waals surface area contributed by atoms with E-state index in [1.807, 2.05) is 30.3 Å². The smallest absolute Gasteiger partial charge is 0.225 e. The predicted octanol–water partition coefficient (Wildman–Crippen LogP) is 5.36. The molecule has 2 nitrogen and oxygen atoms in total. The molecule has 2 aromatic carbocycles. The SMILES string of the molecule is O=C(CCSCc1ccccc1Br)Nc1ccccc1Cl. The van der Waals surface area contributed by atoms with E-state index in [0.717, 1.165) is 16.0 Å². The first-order valence-electron chi connectivity index (χ1n) is 6.52. The van der Waals surface area contributed by atoms with Crippen molar-refractivity contribution in [1.82, 2.24) is 0 Å². The van der Waals surface area contributed by atoms with Gasteiger partial charge in [0.25, 0.3) is 0 Å². The second-order valence-corrected chi connectivity index (χ2v) is 6.79. The molecule has 0 spiro atoms. The van der Waals surface area contributed by atoms with E-state index >= 15 is 0 Å². The van der Waals surface area contributed by atoms with Crippen LogP contribution in [0.1, 0.15) is 12.0 Å². The highest BCUT2D eigenvalue weighted by Crippen LogP contribution is 2.23. The average molecular weight is 385 g/mol. The second kappa shape index (κ2) is 8.47. The molecule has 0 atom stereocenters. The molecule has 0 aliphatic rings. The first-order chi connectivity index (χ1) is 10.2. The molecule has 21 heavy (non-hydrogen) atoms. The summed E-state index contributed by atoms with van der Waals surface area (Å²) < 4.78 is 1.11. The van der Waals surface area contributed by atoms with Crippen LogP contribution in [0, 0.1) is 0 Å². The minimum atomic E-state index is -0.0114. The lowest BCUT2D eigenvalue weighted by Crippen LogP contribution is -2.12. The van der Waals surface area contributed by atoms with E-state index in [9.17, 15) is 4.79 Å². The Morgan fingerprint density at radius 1 is 1.14 bits per heavy atom. The van der Waals surface area contributed by atoms with Crippen molar-refractivity contribution in [1.29, 1.82) is 0 Å². The molecule has 0 fully saturated rings. The molecule has 0 radical (unpaired) electrons. The van der Waals surface area contributed by atoms with Crippen molar-refractivity contribution in [2.24, 2.45) is 0 Å². The third-order valence-electron chi connectivity index (χ3n) is 2.84. The Labute approximate surface area is 142 Å². The number of hydrogen-bond donors (Lipinski definition) is 1. The Morgan fingerprint density at radius 2 is 1.86 bits per heavy atom. The van der Waals surface area contributed by atoms with Crippen molar-refractivity contribution in [2.75, 3.05) is 11.1 Å². The molecule has 5 heteroatoms. The summed E-state index contributed by atoms with van der Waals surface area (Å²) in [5.74, 6) is 1.65. The maximum atomic E-state index is 11.9. The fourth-order valence-electron chi connectivity index (χ4n) is 1.74. The van der Waals surface area contributed by atoms with Crippen molar-refractivity contribution in [3.05, 3.63) is 63.6 Å². The Balaban J connectivity index is 1.73. The molecular weight excluding hydrogens is 370 g/mol. The minimum Gasteiger partial charge on any atom is -0.325 e. The van der Waals surface area contributed by atoms with Gasteiger partial charge in [-0.2, -0.15) is 11.8 Å².